The van der Waals surface area contributed by atoms with Crippen LogP contribution in [0.4, 0.5) is 5.69 Å². The van der Waals surface area contributed by atoms with E-state index in [1.165, 1.54) is 7.11 Å². The summed E-state index contributed by atoms with van der Waals surface area (Å²) in [7, 11) is 1.51. The monoisotopic (exact) mass is 340 g/mol. The van der Waals surface area contributed by atoms with E-state index in [0.29, 0.717) is 34.1 Å². The SMILES string of the molecule is COc1ccc(-c2nc3ncccc3o2)cc1NC(=O)CSC#N. The van der Waals surface area contributed by atoms with E-state index in [0.717, 1.165) is 11.8 Å². The van der Waals surface area contributed by atoms with Gasteiger partial charge in [-0.25, -0.2) is 4.98 Å². The molecule has 1 aromatic carbocycles. The Balaban J connectivity index is 1.93. The molecule has 0 aliphatic carbocycles. The van der Waals surface area contributed by atoms with Gasteiger partial charge in [0, 0.05) is 11.8 Å². The summed E-state index contributed by atoms with van der Waals surface area (Å²) >= 11 is 0.866. The van der Waals surface area contributed by atoms with Gasteiger partial charge in [-0.3, -0.25) is 4.79 Å². The first-order valence-corrected chi connectivity index (χ1v) is 7.90. The first-order chi connectivity index (χ1) is 11.7. The van der Waals surface area contributed by atoms with Crippen LogP contribution in [-0.2, 0) is 4.79 Å². The lowest BCUT2D eigenvalue weighted by molar-refractivity contribution is -0.113. The number of hydrogen-bond acceptors (Lipinski definition) is 7. The normalized spacial score (nSPS) is 10.3. The third-order valence-corrected chi connectivity index (χ3v) is 3.69. The topological polar surface area (TPSA) is 101 Å². The Morgan fingerprint density at radius 1 is 1.46 bits per heavy atom. The molecule has 8 heteroatoms. The molecule has 0 saturated heterocycles. The molecule has 3 aromatic rings. The van der Waals surface area contributed by atoms with Crippen molar-refractivity contribution in [3.63, 3.8) is 0 Å². The number of amides is 1. The highest BCUT2D eigenvalue weighted by Crippen LogP contribution is 2.31. The smallest absolute Gasteiger partial charge is 0.235 e. The zero-order valence-electron chi connectivity index (χ0n) is 12.6. The molecule has 0 radical (unpaired) electrons. The Bertz CT molecular complexity index is 899. The van der Waals surface area contributed by atoms with Crippen LogP contribution in [0.1, 0.15) is 0 Å². The lowest BCUT2D eigenvalue weighted by Gasteiger charge is -2.10. The van der Waals surface area contributed by atoms with Crippen LogP contribution in [0.5, 0.6) is 5.75 Å². The van der Waals surface area contributed by atoms with Crippen molar-refractivity contribution in [2.24, 2.45) is 0 Å². The third-order valence-electron chi connectivity index (χ3n) is 3.15. The molecular weight excluding hydrogens is 328 g/mol. The van der Waals surface area contributed by atoms with E-state index in [9.17, 15) is 4.79 Å². The molecule has 120 valence electrons. The fraction of sp³-hybridized carbons (Fsp3) is 0.125. The van der Waals surface area contributed by atoms with Crippen molar-refractivity contribution >= 4 is 34.6 Å². The van der Waals surface area contributed by atoms with Gasteiger partial charge in [0.2, 0.25) is 11.8 Å². The molecule has 2 aromatic heterocycles. The van der Waals surface area contributed by atoms with Gasteiger partial charge in [-0.1, -0.05) is 0 Å². The summed E-state index contributed by atoms with van der Waals surface area (Å²) in [5, 5.41) is 13.1. The zero-order valence-corrected chi connectivity index (χ0v) is 13.5. The number of rotatable bonds is 5. The maximum Gasteiger partial charge on any atom is 0.235 e. The predicted octanol–water partition coefficient (Wildman–Crippen LogP) is 3.05. The summed E-state index contributed by atoms with van der Waals surface area (Å²) in [6.07, 6.45) is 1.64. The number of nitrogens with one attached hydrogen (secondary N) is 1. The van der Waals surface area contributed by atoms with Gasteiger partial charge < -0.3 is 14.5 Å². The van der Waals surface area contributed by atoms with Gasteiger partial charge in [0.05, 0.1) is 18.6 Å². The second-order valence-electron chi connectivity index (χ2n) is 4.69. The zero-order chi connectivity index (χ0) is 16.9. The molecule has 0 atom stereocenters. The highest BCUT2D eigenvalue weighted by Gasteiger charge is 2.13. The second-order valence-corrected chi connectivity index (χ2v) is 5.45. The summed E-state index contributed by atoms with van der Waals surface area (Å²) in [6.45, 7) is 0. The van der Waals surface area contributed by atoms with Crippen LogP contribution in [0.3, 0.4) is 0 Å². The molecule has 0 saturated carbocycles. The van der Waals surface area contributed by atoms with E-state index in [-0.39, 0.29) is 11.7 Å². The number of ether oxygens (including phenoxy) is 1. The van der Waals surface area contributed by atoms with Crippen molar-refractivity contribution in [2.45, 2.75) is 0 Å². The molecule has 24 heavy (non-hydrogen) atoms. The van der Waals surface area contributed by atoms with Crippen molar-refractivity contribution in [3.8, 4) is 22.6 Å². The Labute approximate surface area is 141 Å². The summed E-state index contributed by atoms with van der Waals surface area (Å²) in [6, 6.07) is 8.75. The van der Waals surface area contributed by atoms with Crippen LogP contribution in [0.25, 0.3) is 22.7 Å². The number of aromatic nitrogens is 2. The summed E-state index contributed by atoms with van der Waals surface area (Å²) in [5.41, 5.74) is 2.25. The van der Waals surface area contributed by atoms with Crippen LogP contribution >= 0.6 is 11.8 Å². The van der Waals surface area contributed by atoms with Gasteiger partial charge >= 0.3 is 0 Å². The highest BCUT2D eigenvalue weighted by atomic mass is 32.2. The van der Waals surface area contributed by atoms with Crippen molar-refractivity contribution in [3.05, 3.63) is 36.5 Å². The van der Waals surface area contributed by atoms with Gasteiger partial charge in [-0.05, 0) is 42.1 Å². The molecule has 2 heterocycles. The third kappa shape index (κ3) is 3.31. The van der Waals surface area contributed by atoms with Crippen LogP contribution in [-0.4, -0.2) is 28.7 Å². The molecule has 0 unspecified atom stereocenters. The number of pyridine rings is 1. The largest absolute Gasteiger partial charge is 0.495 e. The van der Waals surface area contributed by atoms with E-state index >= 15 is 0 Å². The fourth-order valence-corrected chi connectivity index (χ4v) is 2.38. The average molecular weight is 340 g/mol. The Morgan fingerprint density at radius 3 is 3.08 bits per heavy atom. The lowest BCUT2D eigenvalue weighted by atomic mass is 10.2. The number of anilines is 1. The van der Waals surface area contributed by atoms with Crippen LogP contribution in [0.15, 0.2) is 40.9 Å². The summed E-state index contributed by atoms with van der Waals surface area (Å²) in [5.74, 6) is 0.643. The van der Waals surface area contributed by atoms with Gasteiger partial charge in [0.25, 0.3) is 0 Å². The van der Waals surface area contributed by atoms with Gasteiger partial charge in [0.1, 0.15) is 11.2 Å². The van der Waals surface area contributed by atoms with Crippen molar-refractivity contribution < 1.29 is 13.9 Å². The van der Waals surface area contributed by atoms with Gasteiger partial charge in [-0.15, -0.1) is 0 Å². The van der Waals surface area contributed by atoms with Crippen molar-refractivity contribution in [1.82, 2.24) is 9.97 Å². The average Bonchev–Trinajstić information content (AvgIpc) is 3.04. The number of benzene rings is 1. The summed E-state index contributed by atoms with van der Waals surface area (Å²) in [4.78, 5) is 20.3. The van der Waals surface area contributed by atoms with Gasteiger partial charge in [-0.2, -0.15) is 10.2 Å². The van der Waals surface area contributed by atoms with Crippen molar-refractivity contribution in [1.29, 1.82) is 5.26 Å². The number of nitrogens with zero attached hydrogens (tertiary/aromatic N) is 3. The van der Waals surface area contributed by atoms with Crippen molar-refractivity contribution in [2.75, 3.05) is 18.2 Å². The molecule has 0 aliphatic heterocycles. The maximum atomic E-state index is 11.8. The Kier molecular flexibility index (Phi) is 4.63. The minimum Gasteiger partial charge on any atom is -0.495 e. The number of nitriles is 1. The molecule has 0 fully saturated rings. The molecule has 3 rings (SSSR count). The van der Waals surface area contributed by atoms with E-state index in [2.05, 4.69) is 15.3 Å². The number of carbonyl (C=O) groups is 1. The van der Waals surface area contributed by atoms with Crippen LogP contribution < -0.4 is 10.1 Å². The number of thioether (sulfide) groups is 1. The number of methoxy groups -OCH3 is 1. The number of fused-ring (bicyclic) bond motifs is 1. The van der Waals surface area contributed by atoms with E-state index < -0.39 is 0 Å². The van der Waals surface area contributed by atoms with E-state index in [1.807, 2.05) is 5.40 Å². The highest BCUT2D eigenvalue weighted by molar-refractivity contribution is 8.04. The maximum absolute atomic E-state index is 11.8. The van der Waals surface area contributed by atoms with Gasteiger partial charge in [0.15, 0.2) is 11.2 Å². The summed E-state index contributed by atoms with van der Waals surface area (Å²) < 4.78 is 10.9. The number of carbonyl (C=O) groups excluding carboxylic acids is 1. The second kappa shape index (κ2) is 7.02. The standard InChI is InChI=1S/C16H12N4O3S/c1-22-12-5-4-10(7-11(12)19-14(21)8-24-9-17)16-20-15-13(23-16)3-2-6-18-15/h2-7H,8H2,1H3,(H,19,21). The molecular formula is C16H12N4O3S. The lowest BCUT2D eigenvalue weighted by Crippen LogP contribution is -2.14. The predicted molar refractivity (Wildman–Crippen MR) is 90.5 cm³/mol. The molecule has 7 nitrogen and oxygen atoms in total. The van der Waals surface area contributed by atoms with Crippen LogP contribution in [0, 0.1) is 10.7 Å². The molecule has 0 spiro atoms. The minimum atomic E-state index is -0.295. The van der Waals surface area contributed by atoms with E-state index in [4.69, 9.17) is 14.4 Å². The first kappa shape index (κ1) is 15.8. The number of oxazole rings is 1. The minimum absolute atomic E-state index is 0.0384. The molecule has 0 aliphatic rings. The Hall–Kier alpha value is -3.05. The van der Waals surface area contributed by atoms with Crippen LogP contribution in [0.2, 0.25) is 0 Å². The van der Waals surface area contributed by atoms with E-state index in [1.54, 1.807) is 36.5 Å². The quantitative estimate of drug-likeness (QED) is 0.712. The first-order valence-electron chi connectivity index (χ1n) is 6.92. The number of thiocyanates is 1. The molecule has 1 amide bonds. The fourth-order valence-electron chi connectivity index (χ4n) is 2.12. The number of hydrogen-bond donors (Lipinski definition) is 1. The molecule has 0 bridgehead atoms. The Morgan fingerprint density at radius 2 is 2.33 bits per heavy atom. The molecule has 1 N–H and O–H groups in total.